The summed E-state index contributed by atoms with van der Waals surface area (Å²) in [5.41, 5.74) is 4.86. The summed E-state index contributed by atoms with van der Waals surface area (Å²) in [6, 6.07) is -0.124. The van der Waals surface area contributed by atoms with E-state index in [0.29, 0.717) is 6.42 Å². The van der Waals surface area contributed by atoms with Crippen LogP contribution in [0.15, 0.2) is 12.2 Å². The fourth-order valence-electron chi connectivity index (χ4n) is 3.44. The van der Waals surface area contributed by atoms with Gasteiger partial charge in [0.05, 0.1) is 0 Å². The Morgan fingerprint density at radius 3 is 2.05 bits per heavy atom. The number of nitrogens with zero attached hydrogens (tertiary/aromatic N) is 1. The van der Waals surface area contributed by atoms with E-state index in [0.717, 1.165) is 4.90 Å². The zero-order valence-electron chi connectivity index (χ0n) is 12.4. The summed E-state index contributed by atoms with van der Waals surface area (Å²) < 4.78 is 0. The average molecular weight is 278 g/mol. The first-order valence-corrected chi connectivity index (χ1v) is 7.07. The van der Waals surface area contributed by atoms with Gasteiger partial charge in [-0.05, 0) is 25.2 Å². The van der Waals surface area contributed by atoms with Crippen molar-refractivity contribution in [3.8, 4) is 0 Å². The molecule has 1 aliphatic carbocycles. The molecule has 4 unspecified atom stereocenters. The van der Waals surface area contributed by atoms with Crippen LogP contribution in [0.3, 0.4) is 0 Å². The number of ketones is 1. The molecular formula is C15H22N2O3. The summed E-state index contributed by atoms with van der Waals surface area (Å²) in [7, 11) is 0. The Bertz CT molecular complexity index is 479. The Kier molecular flexibility index (Phi) is 3.58. The molecule has 0 saturated heterocycles. The predicted octanol–water partition coefficient (Wildman–Crippen LogP) is 0.878. The molecule has 1 aliphatic heterocycles. The van der Waals surface area contributed by atoms with Gasteiger partial charge in [0.1, 0.15) is 5.54 Å². The zero-order chi connectivity index (χ0) is 15.2. The van der Waals surface area contributed by atoms with Crippen molar-refractivity contribution >= 4 is 17.6 Å². The van der Waals surface area contributed by atoms with Gasteiger partial charge >= 0.3 is 0 Å². The van der Waals surface area contributed by atoms with Crippen molar-refractivity contribution in [3.63, 3.8) is 0 Å². The molecule has 0 spiro atoms. The first-order valence-electron chi connectivity index (χ1n) is 7.07. The van der Waals surface area contributed by atoms with E-state index in [-0.39, 0.29) is 29.6 Å². The Balaban J connectivity index is 2.56. The monoisotopic (exact) mass is 278 g/mol. The highest BCUT2D eigenvalue weighted by Gasteiger charge is 2.63. The van der Waals surface area contributed by atoms with Gasteiger partial charge in [0.2, 0.25) is 0 Å². The second-order valence-corrected chi connectivity index (χ2v) is 6.27. The minimum absolute atomic E-state index is 0.124. The lowest BCUT2D eigenvalue weighted by Gasteiger charge is -2.45. The fourth-order valence-corrected chi connectivity index (χ4v) is 3.44. The minimum Gasteiger partial charge on any atom is -0.327 e. The van der Waals surface area contributed by atoms with Gasteiger partial charge in [-0.1, -0.05) is 20.8 Å². The van der Waals surface area contributed by atoms with Gasteiger partial charge in [-0.3, -0.25) is 19.3 Å². The average Bonchev–Trinajstić information content (AvgIpc) is 2.99. The van der Waals surface area contributed by atoms with E-state index in [1.54, 1.807) is 0 Å². The molecule has 20 heavy (non-hydrogen) atoms. The Morgan fingerprint density at radius 2 is 1.75 bits per heavy atom. The number of rotatable bonds is 5. The Morgan fingerprint density at radius 1 is 1.30 bits per heavy atom. The van der Waals surface area contributed by atoms with Crippen LogP contribution in [0.25, 0.3) is 0 Å². The topological polar surface area (TPSA) is 80.5 Å². The standard InChI is InChI=1S/C15H22N2O3/c1-8(2)9(3)15(10(4)18,11-7-12(11)16)17-13(19)5-6-14(17)20/h5-6,8-9,11-12H,7,16H2,1-4H3. The molecule has 2 aliphatic rings. The largest absolute Gasteiger partial charge is 0.327 e. The van der Waals surface area contributed by atoms with Gasteiger partial charge in [-0.25, -0.2) is 0 Å². The quantitative estimate of drug-likeness (QED) is 0.757. The van der Waals surface area contributed by atoms with E-state index in [1.165, 1.54) is 19.1 Å². The fraction of sp³-hybridized carbons (Fsp3) is 0.667. The minimum atomic E-state index is -1.11. The van der Waals surface area contributed by atoms with Gasteiger partial charge in [0.15, 0.2) is 5.78 Å². The van der Waals surface area contributed by atoms with Crippen molar-refractivity contribution in [1.82, 2.24) is 4.90 Å². The number of nitrogens with two attached hydrogens (primary N) is 1. The van der Waals surface area contributed by atoms with Crippen molar-refractivity contribution in [2.45, 2.75) is 45.7 Å². The molecule has 2 amide bonds. The molecule has 5 heteroatoms. The zero-order valence-corrected chi connectivity index (χ0v) is 12.4. The van der Waals surface area contributed by atoms with Gasteiger partial charge in [-0.2, -0.15) is 0 Å². The lowest BCUT2D eigenvalue weighted by Crippen LogP contribution is -2.63. The van der Waals surface area contributed by atoms with Crippen LogP contribution in [0.4, 0.5) is 0 Å². The summed E-state index contributed by atoms with van der Waals surface area (Å²) in [6.07, 6.45) is 3.15. The van der Waals surface area contributed by atoms with Crippen LogP contribution in [0.2, 0.25) is 0 Å². The van der Waals surface area contributed by atoms with Crippen molar-refractivity contribution in [3.05, 3.63) is 12.2 Å². The predicted molar refractivity (Wildman–Crippen MR) is 74.5 cm³/mol. The number of Topliss-reactive ketones (excluding diaryl/α,β-unsaturated/α-hetero) is 1. The van der Waals surface area contributed by atoms with Gasteiger partial charge in [-0.15, -0.1) is 0 Å². The normalized spacial score (nSPS) is 29.8. The van der Waals surface area contributed by atoms with Crippen LogP contribution in [0.1, 0.15) is 34.1 Å². The van der Waals surface area contributed by atoms with Crippen LogP contribution in [0.5, 0.6) is 0 Å². The molecule has 5 nitrogen and oxygen atoms in total. The highest BCUT2D eigenvalue weighted by Crippen LogP contribution is 2.50. The maximum atomic E-state index is 12.5. The molecule has 0 aromatic rings. The smallest absolute Gasteiger partial charge is 0.254 e. The Hall–Kier alpha value is -1.49. The highest BCUT2D eigenvalue weighted by molar-refractivity contribution is 6.16. The van der Waals surface area contributed by atoms with Crippen molar-refractivity contribution in [1.29, 1.82) is 0 Å². The highest BCUT2D eigenvalue weighted by atomic mass is 16.2. The summed E-state index contributed by atoms with van der Waals surface area (Å²) in [5.74, 6) is -1.07. The van der Waals surface area contributed by atoms with Crippen molar-refractivity contribution in [2.24, 2.45) is 23.5 Å². The van der Waals surface area contributed by atoms with Crippen LogP contribution in [-0.2, 0) is 14.4 Å². The number of carbonyl (C=O) groups is 3. The van der Waals surface area contributed by atoms with E-state index in [2.05, 4.69) is 0 Å². The first kappa shape index (κ1) is 14.9. The number of hydrogen-bond acceptors (Lipinski definition) is 4. The summed E-state index contributed by atoms with van der Waals surface area (Å²) in [4.78, 5) is 37.9. The third kappa shape index (κ3) is 1.92. The lowest BCUT2D eigenvalue weighted by molar-refractivity contribution is -0.157. The van der Waals surface area contributed by atoms with E-state index >= 15 is 0 Å². The molecule has 1 fully saturated rings. The van der Waals surface area contributed by atoms with Crippen LogP contribution < -0.4 is 5.73 Å². The van der Waals surface area contributed by atoms with Crippen molar-refractivity contribution in [2.75, 3.05) is 0 Å². The maximum absolute atomic E-state index is 12.5. The molecule has 0 aromatic carbocycles. The lowest BCUT2D eigenvalue weighted by atomic mass is 9.70. The van der Waals surface area contributed by atoms with Crippen LogP contribution in [0, 0.1) is 17.8 Å². The summed E-state index contributed by atoms with van der Waals surface area (Å²) in [5, 5.41) is 0. The molecule has 0 aromatic heterocycles. The molecule has 110 valence electrons. The van der Waals surface area contributed by atoms with E-state index in [9.17, 15) is 14.4 Å². The number of imide groups is 1. The second kappa shape index (κ2) is 4.81. The number of hydrogen-bond donors (Lipinski definition) is 1. The van der Waals surface area contributed by atoms with Gasteiger partial charge in [0.25, 0.3) is 11.8 Å². The molecule has 0 bridgehead atoms. The molecular weight excluding hydrogens is 256 g/mol. The van der Waals surface area contributed by atoms with E-state index in [1.807, 2.05) is 20.8 Å². The Labute approximate surface area is 119 Å². The second-order valence-electron chi connectivity index (χ2n) is 6.27. The molecule has 0 radical (unpaired) electrons. The third-order valence-corrected chi connectivity index (χ3v) is 4.84. The third-order valence-electron chi connectivity index (χ3n) is 4.84. The molecule has 2 rings (SSSR count). The molecule has 1 saturated carbocycles. The molecule has 1 heterocycles. The van der Waals surface area contributed by atoms with Crippen LogP contribution in [-0.4, -0.2) is 34.1 Å². The maximum Gasteiger partial charge on any atom is 0.254 e. The summed E-state index contributed by atoms with van der Waals surface area (Å²) in [6.45, 7) is 7.38. The van der Waals surface area contributed by atoms with Gasteiger partial charge in [0, 0.05) is 24.1 Å². The van der Waals surface area contributed by atoms with Crippen molar-refractivity contribution < 1.29 is 14.4 Å². The molecule has 4 atom stereocenters. The van der Waals surface area contributed by atoms with Gasteiger partial charge < -0.3 is 5.73 Å². The van der Waals surface area contributed by atoms with Crippen LogP contribution >= 0.6 is 0 Å². The first-order chi connectivity index (χ1) is 9.24. The van der Waals surface area contributed by atoms with E-state index in [4.69, 9.17) is 5.73 Å². The SMILES string of the molecule is CC(=O)C(C(C)C(C)C)(C1CC1N)N1C(=O)C=CC1=O. The molecule has 2 N–H and O–H groups in total. The number of amides is 2. The van der Waals surface area contributed by atoms with E-state index < -0.39 is 17.4 Å². The number of carbonyl (C=O) groups excluding carboxylic acids is 3. The summed E-state index contributed by atoms with van der Waals surface area (Å²) >= 11 is 0.